The van der Waals surface area contributed by atoms with Gasteiger partial charge in [0.15, 0.2) is 41.5 Å². The number of rotatable bonds is 9. The van der Waals surface area contributed by atoms with E-state index < -0.39 is 142 Å². The van der Waals surface area contributed by atoms with Crippen LogP contribution in [0.5, 0.6) is 11.5 Å². The molecule has 0 radical (unpaired) electrons. The lowest BCUT2D eigenvalue weighted by molar-refractivity contribution is -0.347. The molecule has 6 aliphatic rings. The molecule has 3 aliphatic carbocycles. The molecule has 2 saturated carbocycles. The van der Waals surface area contributed by atoms with Gasteiger partial charge in [-0.3, -0.25) is 24.1 Å². The van der Waals surface area contributed by atoms with Gasteiger partial charge >= 0.3 is 35.9 Å². The van der Waals surface area contributed by atoms with Gasteiger partial charge in [-0.25, -0.2) is 14.4 Å². The first-order valence-electron chi connectivity index (χ1n) is 24.5. The van der Waals surface area contributed by atoms with Crippen molar-refractivity contribution in [1.82, 2.24) is 4.90 Å². The van der Waals surface area contributed by atoms with Crippen molar-refractivity contribution in [2.45, 2.75) is 162 Å². The molecule has 3 heterocycles. The van der Waals surface area contributed by atoms with Crippen molar-refractivity contribution in [2.75, 3.05) is 20.8 Å². The molecule has 1 unspecified atom stereocenters. The zero-order valence-corrected chi connectivity index (χ0v) is 43.8. The van der Waals surface area contributed by atoms with Gasteiger partial charge in [-0.1, -0.05) is 52.8 Å². The molecule has 3 saturated heterocycles. The summed E-state index contributed by atoms with van der Waals surface area (Å²) in [5.74, 6) is -7.40. The monoisotopic (exact) mass is 1020 g/mol. The first kappa shape index (κ1) is 53.2. The van der Waals surface area contributed by atoms with Crippen LogP contribution >= 0.6 is 0 Å². The number of hydrogen-bond donors (Lipinski definition) is 1. The third kappa shape index (κ3) is 8.42. The average molecular weight is 1020 g/mol. The maximum absolute atomic E-state index is 16.0. The Morgan fingerprint density at radius 1 is 0.863 bits per heavy atom. The third-order valence-corrected chi connectivity index (χ3v) is 15.9. The molecule has 3 aliphatic heterocycles. The largest absolute Gasteiger partial charge is 0.497 e. The molecule has 73 heavy (non-hydrogen) atoms. The second-order valence-corrected chi connectivity index (χ2v) is 22.8. The van der Waals surface area contributed by atoms with E-state index in [0.717, 1.165) is 6.92 Å². The summed E-state index contributed by atoms with van der Waals surface area (Å²) >= 11 is 0. The Bertz CT molecular complexity index is 2630. The summed E-state index contributed by atoms with van der Waals surface area (Å²) in [5.41, 5.74) is -8.99. The van der Waals surface area contributed by atoms with Crippen LogP contribution in [0.15, 0.2) is 59.7 Å². The Morgan fingerprint density at radius 3 is 2.10 bits per heavy atom. The van der Waals surface area contributed by atoms with Crippen LogP contribution in [0.4, 0.5) is 4.79 Å². The Kier molecular flexibility index (Phi) is 13.4. The van der Waals surface area contributed by atoms with Gasteiger partial charge in [0.25, 0.3) is 0 Å². The normalized spacial score (nSPS) is 34.3. The quantitative estimate of drug-likeness (QED) is 0.168. The van der Waals surface area contributed by atoms with Crippen molar-refractivity contribution in [3.63, 3.8) is 0 Å². The number of methoxy groups -OCH3 is 2. The van der Waals surface area contributed by atoms with Crippen LogP contribution in [0.3, 0.4) is 0 Å². The zero-order chi connectivity index (χ0) is 53.7. The molecule has 19 nitrogen and oxygen atoms in total. The van der Waals surface area contributed by atoms with Crippen LogP contribution in [0, 0.1) is 28.1 Å². The number of benzene rings is 2. The van der Waals surface area contributed by atoms with E-state index in [9.17, 15) is 29.1 Å². The summed E-state index contributed by atoms with van der Waals surface area (Å²) in [5, 5.41) is 12.4. The SMILES string of the molecule is COc1ccc(C2O[C@@H](C(=O)O[C@@H]3C(C)=C4[C@@H](OC(C)=O)C(=O)[C@@]5(C)[C@H]([C@H](OC(=O)c6ccccc6)[C@@]6(OC(=O)C[C@@H]36)C4(C)C)[C@]3(OC(C)=O)CO[C@@H]3C[C@@H]5O)[C@@H](C(C)(C)C)N2C(=O)OC(C)(C)C)c(OC)c1. The molecule has 1 N–H and O–H groups in total. The molecule has 2 bridgehead atoms. The number of ketones is 1. The minimum atomic E-state index is -2.16. The minimum absolute atomic E-state index is 0.0496. The fourth-order valence-electron chi connectivity index (χ4n) is 12.9. The maximum atomic E-state index is 16.0. The Labute approximate surface area is 424 Å². The third-order valence-electron chi connectivity index (χ3n) is 15.9. The number of esters is 5. The smallest absolute Gasteiger partial charge is 0.413 e. The number of ether oxygens (including phenoxy) is 10. The molecule has 19 heteroatoms. The van der Waals surface area contributed by atoms with Crippen LogP contribution in [0.2, 0.25) is 0 Å². The number of amides is 1. The fourth-order valence-corrected chi connectivity index (χ4v) is 12.9. The first-order chi connectivity index (χ1) is 34.0. The summed E-state index contributed by atoms with van der Waals surface area (Å²) in [6.07, 6.45) is -12.2. The van der Waals surface area contributed by atoms with Crippen molar-refractivity contribution < 1.29 is 86.0 Å². The molecule has 1 spiro atoms. The number of carbonyl (C=O) groups excluding carboxylic acids is 7. The number of Topliss-reactive ketones (excluding diaryl/α,β-unsaturated/α-hetero) is 1. The average Bonchev–Trinajstić information content (AvgIpc) is 3.89. The van der Waals surface area contributed by atoms with Gasteiger partial charge in [-0.2, -0.15) is 0 Å². The highest BCUT2D eigenvalue weighted by Crippen LogP contribution is 2.68. The number of hydrogen-bond acceptors (Lipinski definition) is 18. The first-order valence-corrected chi connectivity index (χ1v) is 24.5. The molecular weight excluding hydrogens is 951 g/mol. The van der Waals surface area contributed by atoms with Gasteiger partial charge in [0.1, 0.15) is 29.3 Å². The Hall–Kier alpha value is -6.05. The van der Waals surface area contributed by atoms with E-state index in [1.165, 1.54) is 45.1 Å². The number of aliphatic hydroxyl groups excluding tert-OH is 1. The van der Waals surface area contributed by atoms with Gasteiger partial charge in [-0.05, 0) is 75.4 Å². The molecule has 8 rings (SSSR count). The summed E-state index contributed by atoms with van der Waals surface area (Å²) < 4.78 is 62.4. The molecule has 1 amide bonds. The van der Waals surface area contributed by atoms with Crippen LogP contribution in [0.1, 0.15) is 118 Å². The molecular formula is C54H67NO18. The van der Waals surface area contributed by atoms with Gasteiger partial charge in [0, 0.05) is 37.3 Å². The molecule has 396 valence electrons. The van der Waals surface area contributed by atoms with E-state index in [0.29, 0.717) is 11.3 Å². The predicted octanol–water partition coefficient (Wildman–Crippen LogP) is 6.15. The molecule has 2 aromatic rings. The predicted molar refractivity (Wildman–Crippen MR) is 254 cm³/mol. The maximum Gasteiger partial charge on any atom is 0.413 e. The van der Waals surface area contributed by atoms with E-state index in [1.54, 1.807) is 77.9 Å². The van der Waals surface area contributed by atoms with Crippen molar-refractivity contribution in [2.24, 2.45) is 28.1 Å². The van der Waals surface area contributed by atoms with Crippen LogP contribution < -0.4 is 9.47 Å². The Balaban J connectivity index is 1.36. The number of fused-ring (bicyclic) bond motifs is 4. The second-order valence-electron chi connectivity index (χ2n) is 22.8. The van der Waals surface area contributed by atoms with Gasteiger partial charge in [0.2, 0.25) is 0 Å². The fraction of sp³-hybridized carbons (Fsp3) is 0.611. The van der Waals surface area contributed by atoms with E-state index in [1.807, 2.05) is 20.8 Å². The molecule has 0 aromatic heterocycles. The lowest BCUT2D eigenvalue weighted by Gasteiger charge is -2.68. The van der Waals surface area contributed by atoms with Crippen molar-refractivity contribution in [3.05, 3.63) is 70.8 Å². The minimum Gasteiger partial charge on any atom is -0.497 e. The van der Waals surface area contributed by atoms with Gasteiger partial charge in [-0.15, -0.1) is 0 Å². The summed E-state index contributed by atoms with van der Waals surface area (Å²) in [6, 6.07) is 11.7. The highest BCUT2D eigenvalue weighted by Gasteiger charge is 2.82. The van der Waals surface area contributed by atoms with Crippen LogP contribution in [0.25, 0.3) is 0 Å². The van der Waals surface area contributed by atoms with Crippen LogP contribution in [-0.4, -0.2) is 132 Å². The highest BCUT2D eigenvalue weighted by molar-refractivity contribution is 5.96. The topological polar surface area (TPSA) is 235 Å². The standard InChI is InChI=1S/C54H67NO18/c1-26-37-39(67-27(2)56)43(60)52(12)34(58)24-35-53(25-66-35,71-28(3)57)41(52)44(70-46(61)29-18-16-15-17-19-29)54(51(37,10)11)32(23-36(59)72-54)38(26)69-47(62)40-42(49(4,5)6)55(48(63)73-50(7,8)9)45(68-40)31-21-20-30(64-13)22-33(31)65-14/h15-22,32,34-35,38-42,44-45,58H,23-25H2,1-14H3/t32-,34-,35+,38+,39+,40+,41-,42-,44-,45?,52+,53-,54+/m0/s1. The van der Waals surface area contributed by atoms with E-state index in [2.05, 4.69) is 0 Å². The molecule has 2 aromatic carbocycles. The number of nitrogens with zero attached hydrogens (tertiary/aromatic N) is 1. The summed E-state index contributed by atoms with van der Waals surface area (Å²) in [4.78, 5) is 103. The summed E-state index contributed by atoms with van der Waals surface area (Å²) in [6.45, 7) is 18.8. The van der Waals surface area contributed by atoms with Crippen molar-refractivity contribution in [3.8, 4) is 11.5 Å². The van der Waals surface area contributed by atoms with Crippen molar-refractivity contribution >= 4 is 41.7 Å². The van der Waals surface area contributed by atoms with Gasteiger partial charge < -0.3 is 52.5 Å². The lowest BCUT2D eigenvalue weighted by Crippen LogP contribution is -2.82. The van der Waals surface area contributed by atoms with E-state index in [4.69, 9.17) is 47.4 Å². The second kappa shape index (κ2) is 18.4. The number of carbonyl (C=O) groups is 7. The van der Waals surface area contributed by atoms with Gasteiger partial charge in [0.05, 0.1) is 62.2 Å². The summed E-state index contributed by atoms with van der Waals surface area (Å²) in [7, 11) is 2.92. The zero-order valence-electron chi connectivity index (χ0n) is 43.8. The number of aliphatic hydroxyl groups is 1. The van der Waals surface area contributed by atoms with E-state index in [-0.39, 0.29) is 35.5 Å². The molecule has 13 atom stereocenters. The van der Waals surface area contributed by atoms with E-state index >= 15 is 9.59 Å². The highest BCUT2D eigenvalue weighted by atomic mass is 16.6. The Morgan fingerprint density at radius 2 is 1.53 bits per heavy atom. The van der Waals surface area contributed by atoms with Crippen molar-refractivity contribution in [1.29, 1.82) is 0 Å². The molecule has 5 fully saturated rings. The van der Waals surface area contributed by atoms with Crippen LogP contribution in [-0.2, 0) is 61.9 Å². The lowest BCUT2D eigenvalue weighted by atomic mass is 9.43.